The van der Waals surface area contributed by atoms with Crippen molar-refractivity contribution in [1.82, 2.24) is 4.57 Å². The summed E-state index contributed by atoms with van der Waals surface area (Å²) in [6.45, 7) is 2.82. The first-order valence-corrected chi connectivity index (χ1v) is 8.97. The number of aryl methyl sites for hydroxylation is 1. The number of amides is 1. The molecule has 4 aromatic rings. The summed E-state index contributed by atoms with van der Waals surface area (Å²) in [4.78, 5) is 12.0. The molecular formula is C22H18ClN2O. The van der Waals surface area contributed by atoms with E-state index in [1.807, 2.05) is 24.3 Å². The van der Waals surface area contributed by atoms with Crippen LogP contribution in [-0.4, -0.2) is 10.5 Å². The number of carbonyl (C=O) groups excluding carboxylic acids is 1. The zero-order chi connectivity index (χ0) is 18.3. The van der Waals surface area contributed by atoms with Crippen LogP contribution in [0.3, 0.4) is 0 Å². The van der Waals surface area contributed by atoms with Crippen molar-refractivity contribution in [2.75, 3.05) is 0 Å². The van der Waals surface area contributed by atoms with E-state index < -0.39 is 5.91 Å². The molecule has 3 aromatic carbocycles. The number of aromatic nitrogens is 1. The van der Waals surface area contributed by atoms with Crippen molar-refractivity contribution in [2.45, 2.75) is 19.9 Å². The van der Waals surface area contributed by atoms with Crippen LogP contribution in [0, 0.1) is 6.07 Å². The van der Waals surface area contributed by atoms with E-state index in [0.717, 1.165) is 28.2 Å². The molecular weight excluding hydrogens is 344 g/mol. The van der Waals surface area contributed by atoms with Crippen LogP contribution in [0.5, 0.6) is 0 Å². The molecule has 0 unspecified atom stereocenters. The van der Waals surface area contributed by atoms with Crippen molar-refractivity contribution < 1.29 is 4.79 Å². The Labute approximate surface area is 157 Å². The highest BCUT2D eigenvalue weighted by Crippen LogP contribution is 2.35. The fraction of sp³-hybridized carbons (Fsp3) is 0.136. The van der Waals surface area contributed by atoms with Gasteiger partial charge in [0, 0.05) is 22.9 Å². The lowest BCUT2D eigenvalue weighted by atomic mass is 10.1. The highest BCUT2D eigenvalue weighted by molar-refractivity contribution is 6.36. The van der Waals surface area contributed by atoms with Crippen LogP contribution < -0.4 is 5.73 Å². The molecule has 1 amide bonds. The lowest BCUT2D eigenvalue weighted by molar-refractivity contribution is 0.100. The predicted octanol–water partition coefficient (Wildman–Crippen LogP) is 4.96. The van der Waals surface area contributed by atoms with E-state index in [9.17, 15) is 4.79 Å². The normalized spacial score (nSPS) is 11.3. The maximum Gasteiger partial charge on any atom is 0.249 e. The number of hydrogen-bond donors (Lipinski definition) is 1. The van der Waals surface area contributed by atoms with Crippen molar-refractivity contribution in [3.8, 4) is 0 Å². The molecule has 0 saturated carbocycles. The molecule has 0 aliphatic heterocycles. The first kappa shape index (κ1) is 16.7. The zero-order valence-corrected chi connectivity index (χ0v) is 15.2. The molecule has 4 heteroatoms. The summed E-state index contributed by atoms with van der Waals surface area (Å²) >= 11 is 6.55. The van der Waals surface area contributed by atoms with Crippen molar-refractivity contribution in [3.63, 3.8) is 0 Å². The van der Waals surface area contributed by atoms with Gasteiger partial charge in [0.1, 0.15) is 0 Å². The number of nitrogens with zero attached hydrogens (tertiary/aromatic N) is 1. The molecule has 0 aliphatic rings. The standard InChI is InChI=1S/C22H18ClN2O/c1-2-14-7-3-4-8-15(14)13-25-19-12-6-10-17(22(24)26)20(19)16-9-5-11-18(23)21(16)25/h3-8,10-12H,2,13H2,1H3,(H2,24,26). The average Bonchev–Trinajstić information content (AvgIpc) is 2.97. The van der Waals surface area contributed by atoms with Gasteiger partial charge >= 0.3 is 0 Å². The van der Waals surface area contributed by atoms with Crippen LogP contribution in [0.1, 0.15) is 28.4 Å². The summed E-state index contributed by atoms with van der Waals surface area (Å²) in [7, 11) is 0. The van der Waals surface area contributed by atoms with E-state index in [-0.39, 0.29) is 0 Å². The summed E-state index contributed by atoms with van der Waals surface area (Å²) in [6.07, 6.45) is 0.958. The van der Waals surface area contributed by atoms with Gasteiger partial charge in [0.2, 0.25) is 5.91 Å². The third kappa shape index (κ3) is 2.56. The van der Waals surface area contributed by atoms with Gasteiger partial charge < -0.3 is 10.3 Å². The van der Waals surface area contributed by atoms with Gasteiger partial charge in [0.05, 0.1) is 16.1 Å². The van der Waals surface area contributed by atoms with E-state index in [1.165, 1.54) is 11.1 Å². The second-order valence-corrected chi connectivity index (χ2v) is 6.73. The third-order valence-corrected chi connectivity index (χ3v) is 5.17. The Morgan fingerprint density at radius 1 is 1.12 bits per heavy atom. The van der Waals surface area contributed by atoms with Crippen molar-refractivity contribution in [1.29, 1.82) is 0 Å². The summed E-state index contributed by atoms with van der Waals surface area (Å²) in [5.74, 6) is -0.447. The monoisotopic (exact) mass is 361 g/mol. The van der Waals surface area contributed by atoms with Gasteiger partial charge in [-0.3, -0.25) is 4.79 Å². The summed E-state index contributed by atoms with van der Waals surface area (Å²) in [5.41, 5.74) is 10.5. The van der Waals surface area contributed by atoms with Gasteiger partial charge in [-0.25, -0.2) is 0 Å². The molecule has 0 saturated heterocycles. The topological polar surface area (TPSA) is 48.0 Å². The summed E-state index contributed by atoms with van der Waals surface area (Å²) in [6, 6.07) is 20.9. The largest absolute Gasteiger partial charge is 0.366 e. The van der Waals surface area contributed by atoms with Gasteiger partial charge in [-0.15, -0.1) is 0 Å². The molecule has 1 heterocycles. The van der Waals surface area contributed by atoms with Crippen LogP contribution >= 0.6 is 11.6 Å². The number of nitrogens with two attached hydrogens (primary N) is 1. The number of halogens is 1. The minimum Gasteiger partial charge on any atom is -0.366 e. The summed E-state index contributed by atoms with van der Waals surface area (Å²) < 4.78 is 2.16. The fourth-order valence-electron chi connectivity index (χ4n) is 3.66. The fourth-order valence-corrected chi connectivity index (χ4v) is 3.92. The minimum atomic E-state index is -0.447. The van der Waals surface area contributed by atoms with Crippen LogP contribution in [0.2, 0.25) is 5.02 Å². The molecule has 1 aromatic heterocycles. The highest BCUT2D eigenvalue weighted by atomic mass is 35.5. The van der Waals surface area contributed by atoms with Gasteiger partial charge in [-0.05, 0) is 41.8 Å². The van der Waals surface area contributed by atoms with Crippen LogP contribution in [-0.2, 0) is 13.0 Å². The molecule has 1 radical (unpaired) electrons. The summed E-state index contributed by atoms with van der Waals surface area (Å²) in [5, 5.41) is 2.28. The van der Waals surface area contributed by atoms with E-state index >= 15 is 0 Å². The van der Waals surface area contributed by atoms with Gasteiger partial charge in [0.15, 0.2) is 0 Å². The van der Waals surface area contributed by atoms with E-state index in [1.54, 1.807) is 12.1 Å². The number of hydrogen-bond acceptors (Lipinski definition) is 1. The smallest absolute Gasteiger partial charge is 0.249 e. The van der Waals surface area contributed by atoms with E-state index in [0.29, 0.717) is 17.1 Å². The Hall–Kier alpha value is -2.78. The Balaban J connectivity index is 2.07. The Kier molecular flexibility index (Phi) is 4.17. The number of fused-ring (bicyclic) bond motifs is 3. The van der Waals surface area contributed by atoms with Crippen molar-refractivity contribution in [2.24, 2.45) is 5.73 Å². The molecule has 129 valence electrons. The number of carbonyl (C=O) groups is 1. The first-order valence-electron chi connectivity index (χ1n) is 8.59. The van der Waals surface area contributed by atoms with E-state index in [4.69, 9.17) is 17.3 Å². The molecule has 4 rings (SSSR count). The second kappa shape index (κ2) is 6.50. The Morgan fingerprint density at radius 3 is 2.62 bits per heavy atom. The molecule has 0 fully saturated rings. The Morgan fingerprint density at radius 2 is 1.88 bits per heavy atom. The van der Waals surface area contributed by atoms with Crippen molar-refractivity contribution in [3.05, 3.63) is 82.4 Å². The first-order chi connectivity index (χ1) is 12.6. The van der Waals surface area contributed by atoms with Crippen LogP contribution in [0.25, 0.3) is 21.8 Å². The minimum absolute atomic E-state index is 0.447. The molecule has 0 spiro atoms. The van der Waals surface area contributed by atoms with Gasteiger partial charge in [0.25, 0.3) is 0 Å². The quantitative estimate of drug-likeness (QED) is 0.548. The maximum atomic E-state index is 12.0. The Bertz CT molecular complexity index is 1140. The second-order valence-electron chi connectivity index (χ2n) is 6.32. The molecule has 2 N–H and O–H groups in total. The van der Waals surface area contributed by atoms with Crippen LogP contribution in [0.15, 0.2) is 54.6 Å². The lowest BCUT2D eigenvalue weighted by Crippen LogP contribution is -2.11. The predicted molar refractivity (Wildman–Crippen MR) is 107 cm³/mol. The molecule has 26 heavy (non-hydrogen) atoms. The van der Waals surface area contributed by atoms with Gasteiger partial charge in [-0.1, -0.05) is 54.9 Å². The third-order valence-electron chi connectivity index (χ3n) is 4.87. The van der Waals surface area contributed by atoms with Crippen molar-refractivity contribution >= 4 is 39.3 Å². The molecule has 0 atom stereocenters. The number of benzene rings is 3. The zero-order valence-electron chi connectivity index (χ0n) is 14.4. The lowest BCUT2D eigenvalue weighted by Gasteiger charge is -2.12. The average molecular weight is 362 g/mol. The molecule has 0 aliphatic carbocycles. The molecule has 0 bridgehead atoms. The molecule has 3 nitrogen and oxygen atoms in total. The number of primary amides is 1. The maximum absolute atomic E-state index is 12.0. The van der Waals surface area contributed by atoms with Crippen LogP contribution in [0.4, 0.5) is 0 Å². The van der Waals surface area contributed by atoms with E-state index in [2.05, 4.69) is 35.8 Å². The number of rotatable bonds is 4. The van der Waals surface area contributed by atoms with Gasteiger partial charge in [-0.2, -0.15) is 0 Å². The highest BCUT2D eigenvalue weighted by Gasteiger charge is 2.18. The SMILES string of the molecule is CCc1ccccc1Cn1c2cccc(C(N)=O)c2c2[c]ccc(Cl)c21.